The molecule has 1 heterocycles. The van der Waals surface area contributed by atoms with Crippen molar-refractivity contribution in [2.45, 2.75) is 24.3 Å². The third-order valence-corrected chi connectivity index (χ3v) is 5.80. The van der Waals surface area contributed by atoms with Gasteiger partial charge in [0.1, 0.15) is 17.9 Å². The normalized spacial score (nSPS) is 24.3. The lowest BCUT2D eigenvalue weighted by molar-refractivity contribution is -0.132. The summed E-state index contributed by atoms with van der Waals surface area (Å²) in [4.78, 5) is 15.6. The Kier molecular flexibility index (Phi) is 5.47. The van der Waals surface area contributed by atoms with E-state index in [2.05, 4.69) is 22.3 Å². The lowest BCUT2D eigenvalue weighted by atomic mass is 9.80. The molecule has 1 N–H and O–H groups in total. The molecule has 0 saturated carbocycles. The standard InChI is InChI=1S/C25H26N2O2/c1-26-24(28)25(18-19-12-6-3-7-13-19)22(20-14-8-4-9-15-20)29-23(27(25)2)21-16-10-5-11-17-21/h3-17,22-23H,18H2,1-2H3,(H,26,28)/t22-,23?,25-/m0/s1. The number of ether oxygens (including phenoxy) is 1. The quantitative estimate of drug-likeness (QED) is 0.717. The first-order valence-corrected chi connectivity index (χ1v) is 9.91. The second kappa shape index (κ2) is 8.19. The molecule has 0 radical (unpaired) electrons. The van der Waals surface area contributed by atoms with Gasteiger partial charge in [0.15, 0.2) is 0 Å². The van der Waals surface area contributed by atoms with Crippen LogP contribution in [0.2, 0.25) is 0 Å². The molecule has 4 heteroatoms. The number of amides is 1. The van der Waals surface area contributed by atoms with Crippen LogP contribution in [0.3, 0.4) is 0 Å². The van der Waals surface area contributed by atoms with Crippen LogP contribution in [0.15, 0.2) is 91.0 Å². The van der Waals surface area contributed by atoms with Crippen LogP contribution >= 0.6 is 0 Å². The first kappa shape index (κ1) is 19.4. The molecule has 0 aliphatic carbocycles. The van der Waals surface area contributed by atoms with Crippen LogP contribution in [0.25, 0.3) is 0 Å². The van der Waals surface area contributed by atoms with Gasteiger partial charge in [-0.1, -0.05) is 91.0 Å². The summed E-state index contributed by atoms with van der Waals surface area (Å²) in [6.07, 6.45) is -0.172. The fraction of sp³-hybridized carbons (Fsp3) is 0.240. The minimum Gasteiger partial charge on any atom is -0.357 e. The van der Waals surface area contributed by atoms with Crippen LogP contribution in [0, 0.1) is 0 Å². The van der Waals surface area contributed by atoms with Crippen LogP contribution < -0.4 is 5.32 Å². The fourth-order valence-electron chi connectivity index (χ4n) is 4.33. The topological polar surface area (TPSA) is 41.6 Å². The summed E-state index contributed by atoms with van der Waals surface area (Å²) in [5.74, 6) is -0.0452. The largest absolute Gasteiger partial charge is 0.357 e. The van der Waals surface area contributed by atoms with Gasteiger partial charge in [0.05, 0.1) is 0 Å². The molecule has 4 rings (SSSR count). The molecule has 148 valence electrons. The van der Waals surface area contributed by atoms with E-state index in [1.165, 1.54) is 0 Å². The van der Waals surface area contributed by atoms with E-state index < -0.39 is 11.6 Å². The van der Waals surface area contributed by atoms with E-state index in [9.17, 15) is 4.79 Å². The zero-order chi connectivity index (χ0) is 20.3. The van der Waals surface area contributed by atoms with Gasteiger partial charge >= 0.3 is 0 Å². The zero-order valence-corrected chi connectivity index (χ0v) is 16.8. The first-order chi connectivity index (χ1) is 14.2. The highest BCUT2D eigenvalue weighted by Crippen LogP contribution is 2.50. The Balaban J connectivity index is 1.86. The fourth-order valence-corrected chi connectivity index (χ4v) is 4.33. The van der Waals surface area contributed by atoms with Crippen LogP contribution in [-0.2, 0) is 16.0 Å². The van der Waals surface area contributed by atoms with Gasteiger partial charge < -0.3 is 10.1 Å². The maximum Gasteiger partial charge on any atom is 0.243 e. The second-order valence-corrected chi connectivity index (χ2v) is 7.47. The van der Waals surface area contributed by atoms with Crippen molar-refractivity contribution in [2.24, 2.45) is 0 Å². The van der Waals surface area contributed by atoms with Gasteiger partial charge in [-0.25, -0.2) is 0 Å². The van der Waals surface area contributed by atoms with Crippen molar-refractivity contribution < 1.29 is 9.53 Å². The number of hydrogen-bond acceptors (Lipinski definition) is 3. The van der Waals surface area contributed by atoms with Gasteiger partial charge in [0.25, 0.3) is 0 Å². The van der Waals surface area contributed by atoms with Crippen molar-refractivity contribution in [3.05, 3.63) is 108 Å². The number of nitrogens with one attached hydrogen (secondary N) is 1. The number of carbonyl (C=O) groups is 1. The molecule has 3 aromatic rings. The first-order valence-electron chi connectivity index (χ1n) is 9.91. The molecule has 3 atom stereocenters. The predicted molar refractivity (Wildman–Crippen MR) is 114 cm³/mol. The average molecular weight is 386 g/mol. The third kappa shape index (κ3) is 3.46. The summed E-state index contributed by atoms with van der Waals surface area (Å²) in [6, 6.07) is 30.3. The lowest BCUT2D eigenvalue weighted by Crippen LogP contribution is -2.58. The summed E-state index contributed by atoms with van der Waals surface area (Å²) in [6.45, 7) is 0. The summed E-state index contributed by atoms with van der Waals surface area (Å²) >= 11 is 0. The molecular formula is C25H26N2O2. The molecular weight excluding hydrogens is 360 g/mol. The molecule has 1 unspecified atom stereocenters. The van der Waals surface area contributed by atoms with Crippen LogP contribution in [-0.4, -0.2) is 30.4 Å². The van der Waals surface area contributed by atoms with Crippen molar-refractivity contribution >= 4 is 5.91 Å². The van der Waals surface area contributed by atoms with E-state index in [1.807, 2.05) is 85.9 Å². The number of rotatable bonds is 5. The van der Waals surface area contributed by atoms with Crippen molar-refractivity contribution in [1.29, 1.82) is 0 Å². The molecule has 0 bridgehead atoms. The van der Waals surface area contributed by atoms with Gasteiger partial charge in [-0.2, -0.15) is 0 Å². The monoisotopic (exact) mass is 386 g/mol. The van der Waals surface area contributed by atoms with E-state index in [4.69, 9.17) is 4.74 Å². The molecule has 1 saturated heterocycles. The van der Waals surface area contributed by atoms with Gasteiger partial charge in [-0.05, 0) is 23.7 Å². The summed E-state index contributed by atoms with van der Waals surface area (Å²) in [7, 11) is 3.68. The molecule has 1 amide bonds. The Hall–Kier alpha value is -2.95. The minimum absolute atomic E-state index is 0.0452. The smallest absolute Gasteiger partial charge is 0.243 e. The highest BCUT2D eigenvalue weighted by atomic mass is 16.5. The number of nitrogens with zero attached hydrogens (tertiary/aromatic N) is 1. The SMILES string of the molecule is CNC(=O)[C@]1(Cc2ccccc2)[C@H](c2ccccc2)OC(c2ccccc2)N1C. The van der Waals surface area contributed by atoms with Crippen molar-refractivity contribution in [3.63, 3.8) is 0 Å². The number of benzene rings is 3. The van der Waals surface area contributed by atoms with E-state index in [-0.39, 0.29) is 12.1 Å². The Labute approximate surface area is 172 Å². The van der Waals surface area contributed by atoms with Crippen molar-refractivity contribution in [1.82, 2.24) is 10.2 Å². The molecule has 0 spiro atoms. The lowest BCUT2D eigenvalue weighted by Gasteiger charge is -2.38. The summed E-state index contributed by atoms with van der Waals surface area (Å²) in [5, 5.41) is 2.91. The molecule has 1 aliphatic heterocycles. The highest BCUT2D eigenvalue weighted by molar-refractivity contribution is 5.88. The third-order valence-electron chi connectivity index (χ3n) is 5.80. The number of hydrogen-bond donors (Lipinski definition) is 1. The van der Waals surface area contributed by atoms with Crippen LogP contribution in [0.5, 0.6) is 0 Å². The highest BCUT2D eigenvalue weighted by Gasteiger charge is 2.58. The van der Waals surface area contributed by atoms with E-state index in [0.29, 0.717) is 6.42 Å². The van der Waals surface area contributed by atoms with E-state index in [1.54, 1.807) is 7.05 Å². The maximum absolute atomic E-state index is 13.5. The molecule has 0 aromatic heterocycles. The summed E-state index contributed by atoms with van der Waals surface area (Å²) < 4.78 is 6.62. The Morgan fingerprint density at radius 1 is 0.897 bits per heavy atom. The number of likely N-dealkylation sites (N-methyl/N-ethyl adjacent to an activating group) is 2. The average Bonchev–Trinajstić information content (AvgIpc) is 3.08. The number of carbonyl (C=O) groups excluding carboxylic acids is 1. The molecule has 29 heavy (non-hydrogen) atoms. The molecule has 1 fully saturated rings. The van der Waals surface area contributed by atoms with E-state index >= 15 is 0 Å². The van der Waals surface area contributed by atoms with Crippen molar-refractivity contribution in [3.8, 4) is 0 Å². The predicted octanol–water partition coefficient (Wildman–Crippen LogP) is 4.12. The van der Waals surface area contributed by atoms with E-state index in [0.717, 1.165) is 16.7 Å². The zero-order valence-electron chi connectivity index (χ0n) is 16.8. The van der Waals surface area contributed by atoms with Gasteiger partial charge in [0.2, 0.25) is 5.91 Å². The van der Waals surface area contributed by atoms with Gasteiger partial charge in [-0.3, -0.25) is 9.69 Å². The maximum atomic E-state index is 13.5. The Morgan fingerprint density at radius 2 is 1.41 bits per heavy atom. The van der Waals surface area contributed by atoms with Gasteiger partial charge in [0, 0.05) is 13.5 Å². The van der Waals surface area contributed by atoms with Crippen LogP contribution in [0.4, 0.5) is 0 Å². The van der Waals surface area contributed by atoms with Crippen molar-refractivity contribution in [2.75, 3.05) is 14.1 Å². The second-order valence-electron chi connectivity index (χ2n) is 7.47. The van der Waals surface area contributed by atoms with Crippen LogP contribution in [0.1, 0.15) is 29.0 Å². The Morgan fingerprint density at radius 3 is 1.97 bits per heavy atom. The summed E-state index contributed by atoms with van der Waals surface area (Å²) in [5.41, 5.74) is 2.26. The van der Waals surface area contributed by atoms with Gasteiger partial charge in [-0.15, -0.1) is 0 Å². The Bertz CT molecular complexity index is 946. The minimum atomic E-state index is -0.877. The molecule has 3 aromatic carbocycles. The molecule has 4 nitrogen and oxygen atoms in total. The molecule has 1 aliphatic rings.